The highest BCUT2D eigenvalue weighted by molar-refractivity contribution is 5.91. The van der Waals surface area contributed by atoms with Gasteiger partial charge in [0.15, 0.2) is 0 Å². The van der Waals surface area contributed by atoms with Crippen LogP contribution >= 0.6 is 0 Å². The normalized spacial score (nSPS) is 11.1. The van der Waals surface area contributed by atoms with Crippen LogP contribution in [0.4, 0.5) is 0 Å². The predicted octanol–water partition coefficient (Wildman–Crippen LogP) is 4.41. The molecule has 118 valence electrons. The summed E-state index contributed by atoms with van der Waals surface area (Å²) in [5, 5.41) is 19.2. The molecular formula is C20H17N3O. The van der Waals surface area contributed by atoms with Gasteiger partial charge >= 0.3 is 0 Å². The Morgan fingerprint density at radius 2 is 1.58 bits per heavy atom. The molecule has 0 atom stereocenters. The van der Waals surface area contributed by atoms with Gasteiger partial charge in [0, 0.05) is 5.56 Å². The molecule has 4 heteroatoms. The number of phenols is 1. The van der Waals surface area contributed by atoms with Crippen LogP contribution in [0.15, 0.2) is 60.7 Å². The maximum atomic E-state index is 10.0. The van der Waals surface area contributed by atoms with E-state index in [1.165, 1.54) is 15.9 Å². The Morgan fingerprint density at radius 1 is 0.833 bits per heavy atom. The van der Waals surface area contributed by atoms with Gasteiger partial charge in [-0.3, -0.25) is 0 Å². The molecule has 3 aromatic carbocycles. The van der Waals surface area contributed by atoms with Gasteiger partial charge in [-0.25, -0.2) is 0 Å². The first-order valence-corrected chi connectivity index (χ1v) is 7.85. The van der Waals surface area contributed by atoms with E-state index in [0.29, 0.717) is 5.69 Å². The molecule has 0 aliphatic heterocycles. The smallest absolute Gasteiger partial charge is 0.143 e. The average Bonchev–Trinajstić information content (AvgIpc) is 2.98. The van der Waals surface area contributed by atoms with Crippen LogP contribution in [-0.2, 0) is 0 Å². The van der Waals surface area contributed by atoms with Gasteiger partial charge in [-0.1, -0.05) is 53.6 Å². The van der Waals surface area contributed by atoms with Crippen molar-refractivity contribution < 1.29 is 5.11 Å². The van der Waals surface area contributed by atoms with Gasteiger partial charge in [0.25, 0.3) is 0 Å². The lowest BCUT2D eigenvalue weighted by molar-refractivity contribution is 0.468. The van der Waals surface area contributed by atoms with Crippen LogP contribution in [0.1, 0.15) is 11.1 Å². The van der Waals surface area contributed by atoms with Gasteiger partial charge in [0.1, 0.15) is 22.5 Å². The summed E-state index contributed by atoms with van der Waals surface area (Å²) in [4.78, 5) is 1.49. The molecule has 0 radical (unpaired) electrons. The lowest BCUT2D eigenvalue weighted by Crippen LogP contribution is -1.98. The van der Waals surface area contributed by atoms with E-state index in [1.54, 1.807) is 18.2 Å². The number of fused-ring (bicyclic) bond motifs is 1. The molecule has 0 amide bonds. The van der Waals surface area contributed by atoms with Crippen molar-refractivity contribution in [3.63, 3.8) is 0 Å². The molecule has 4 rings (SSSR count). The molecule has 0 bridgehead atoms. The fraction of sp³-hybridized carbons (Fsp3) is 0.100. The van der Waals surface area contributed by atoms with Crippen LogP contribution in [0.5, 0.6) is 5.75 Å². The monoisotopic (exact) mass is 315 g/mol. The second-order valence-electron chi connectivity index (χ2n) is 6.03. The topological polar surface area (TPSA) is 50.9 Å². The third-order valence-corrected chi connectivity index (χ3v) is 4.04. The maximum absolute atomic E-state index is 10.0. The summed E-state index contributed by atoms with van der Waals surface area (Å²) < 4.78 is 0. The van der Waals surface area contributed by atoms with Crippen molar-refractivity contribution in [2.24, 2.45) is 0 Å². The number of rotatable bonds is 2. The Morgan fingerprint density at radius 3 is 2.33 bits per heavy atom. The van der Waals surface area contributed by atoms with E-state index in [0.717, 1.165) is 22.2 Å². The van der Waals surface area contributed by atoms with E-state index in [2.05, 4.69) is 48.3 Å². The lowest BCUT2D eigenvalue weighted by atomic mass is 10.00. The summed E-state index contributed by atoms with van der Waals surface area (Å²) in [6.45, 7) is 4.19. The summed E-state index contributed by atoms with van der Waals surface area (Å²) in [6, 6.07) is 19.5. The largest absolute Gasteiger partial charge is 0.506 e. The van der Waals surface area contributed by atoms with Crippen LogP contribution in [0, 0.1) is 13.8 Å². The highest BCUT2D eigenvalue weighted by atomic mass is 16.3. The predicted molar refractivity (Wildman–Crippen MR) is 95.4 cm³/mol. The second-order valence-corrected chi connectivity index (χ2v) is 6.03. The van der Waals surface area contributed by atoms with Crippen LogP contribution in [0.3, 0.4) is 0 Å². The molecule has 0 aliphatic rings. The molecule has 24 heavy (non-hydrogen) atoms. The van der Waals surface area contributed by atoms with Gasteiger partial charge in [0.05, 0.1) is 0 Å². The number of aromatic nitrogens is 3. The van der Waals surface area contributed by atoms with E-state index in [4.69, 9.17) is 0 Å². The van der Waals surface area contributed by atoms with E-state index in [1.807, 2.05) is 18.2 Å². The summed E-state index contributed by atoms with van der Waals surface area (Å²) in [6.07, 6.45) is 0. The second kappa shape index (κ2) is 5.49. The molecule has 0 unspecified atom stereocenters. The number of aryl methyl sites for hydroxylation is 2. The molecule has 1 heterocycles. The van der Waals surface area contributed by atoms with Crippen LogP contribution in [0.25, 0.3) is 27.8 Å². The van der Waals surface area contributed by atoms with Gasteiger partial charge in [-0.15, -0.1) is 15.0 Å². The fourth-order valence-corrected chi connectivity index (χ4v) is 3.04. The van der Waals surface area contributed by atoms with Crippen LogP contribution in [-0.4, -0.2) is 20.1 Å². The minimum absolute atomic E-state index is 0.158. The molecule has 4 aromatic rings. The fourth-order valence-electron chi connectivity index (χ4n) is 3.04. The number of phenolic OH excluding ortho intramolecular Hbond substituents is 1. The number of hydrogen-bond acceptors (Lipinski definition) is 3. The van der Waals surface area contributed by atoms with E-state index < -0.39 is 0 Å². The molecule has 1 aromatic heterocycles. The molecular weight excluding hydrogens is 298 g/mol. The summed E-state index contributed by atoms with van der Waals surface area (Å²) in [7, 11) is 0. The maximum Gasteiger partial charge on any atom is 0.143 e. The van der Waals surface area contributed by atoms with Crippen molar-refractivity contribution in [2.75, 3.05) is 0 Å². The Labute approximate surface area is 140 Å². The molecule has 1 N–H and O–H groups in total. The average molecular weight is 315 g/mol. The minimum atomic E-state index is 0.158. The lowest BCUT2D eigenvalue weighted by Gasteiger charge is -2.05. The Bertz CT molecular complexity index is 1030. The standard InChI is InChI=1S/C20H17N3O/c1-13-10-14(2)12-15(11-13)16-6-5-7-17-20(16)22-23(21-17)18-8-3-4-9-19(18)24/h3-12,24H,1-2H3. The zero-order chi connectivity index (χ0) is 16.7. The third kappa shape index (κ3) is 2.42. The minimum Gasteiger partial charge on any atom is -0.506 e. The summed E-state index contributed by atoms with van der Waals surface area (Å²) in [5.41, 5.74) is 6.80. The Hall–Kier alpha value is -3.14. The van der Waals surface area contributed by atoms with Gasteiger partial charge in [-0.05, 0) is 37.6 Å². The molecule has 0 saturated heterocycles. The summed E-state index contributed by atoms with van der Waals surface area (Å²) >= 11 is 0. The van der Waals surface area contributed by atoms with Crippen LogP contribution < -0.4 is 0 Å². The van der Waals surface area contributed by atoms with Crippen molar-refractivity contribution in [2.45, 2.75) is 13.8 Å². The van der Waals surface area contributed by atoms with Crippen molar-refractivity contribution >= 4 is 11.0 Å². The quantitative estimate of drug-likeness (QED) is 0.596. The van der Waals surface area contributed by atoms with Crippen molar-refractivity contribution in [1.29, 1.82) is 0 Å². The Balaban J connectivity index is 1.94. The number of para-hydroxylation sites is 2. The van der Waals surface area contributed by atoms with E-state index >= 15 is 0 Å². The van der Waals surface area contributed by atoms with E-state index in [-0.39, 0.29) is 5.75 Å². The first-order valence-electron chi connectivity index (χ1n) is 7.85. The first kappa shape index (κ1) is 14.5. The number of aromatic hydroxyl groups is 1. The van der Waals surface area contributed by atoms with Gasteiger partial charge in [-0.2, -0.15) is 0 Å². The highest BCUT2D eigenvalue weighted by Gasteiger charge is 2.12. The zero-order valence-electron chi connectivity index (χ0n) is 13.6. The molecule has 0 saturated carbocycles. The molecule has 0 aliphatic carbocycles. The SMILES string of the molecule is Cc1cc(C)cc(-c2cccc3nn(-c4ccccc4O)nc23)c1. The summed E-state index contributed by atoms with van der Waals surface area (Å²) in [5.74, 6) is 0.158. The number of hydrogen-bond donors (Lipinski definition) is 1. The molecule has 0 spiro atoms. The van der Waals surface area contributed by atoms with Crippen molar-refractivity contribution in [1.82, 2.24) is 15.0 Å². The van der Waals surface area contributed by atoms with E-state index in [9.17, 15) is 5.11 Å². The third-order valence-electron chi connectivity index (χ3n) is 4.04. The highest BCUT2D eigenvalue weighted by Crippen LogP contribution is 2.29. The van der Waals surface area contributed by atoms with Crippen molar-refractivity contribution in [3.8, 4) is 22.6 Å². The van der Waals surface area contributed by atoms with Crippen molar-refractivity contribution in [3.05, 3.63) is 71.8 Å². The number of nitrogens with zero attached hydrogens (tertiary/aromatic N) is 3. The first-order chi connectivity index (χ1) is 11.6. The zero-order valence-corrected chi connectivity index (χ0v) is 13.6. The van der Waals surface area contributed by atoms with Crippen LogP contribution in [0.2, 0.25) is 0 Å². The Kier molecular flexibility index (Phi) is 3.31. The van der Waals surface area contributed by atoms with Gasteiger partial charge in [0.2, 0.25) is 0 Å². The number of benzene rings is 3. The molecule has 0 fully saturated rings. The van der Waals surface area contributed by atoms with Gasteiger partial charge < -0.3 is 5.11 Å². The molecule has 4 nitrogen and oxygen atoms in total.